The molecule has 4 unspecified atom stereocenters. The Morgan fingerprint density at radius 1 is 1.10 bits per heavy atom. The Morgan fingerprint density at radius 2 is 1.77 bits per heavy atom. The highest BCUT2D eigenvalue weighted by Gasteiger charge is 2.31. The van der Waals surface area contributed by atoms with E-state index in [-0.39, 0.29) is 23.6 Å². The third kappa shape index (κ3) is 8.49. The summed E-state index contributed by atoms with van der Waals surface area (Å²) in [4.78, 5) is 49.1. The zero-order chi connectivity index (χ0) is 22.7. The highest BCUT2D eigenvalue weighted by molar-refractivity contribution is 7.80. The number of rotatable bonds is 13. The molecule has 1 aliphatic heterocycles. The lowest BCUT2D eigenvalue weighted by Gasteiger charge is -2.25. The second-order valence-corrected chi connectivity index (χ2v) is 8.17. The van der Waals surface area contributed by atoms with Gasteiger partial charge in [0.15, 0.2) is 0 Å². The normalized spacial score (nSPS) is 19.0. The van der Waals surface area contributed by atoms with Gasteiger partial charge in [0.1, 0.15) is 18.1 Å². The van der Waals surface area contributed by atoms with E-state index in [1.807, 2.05) is 0 Å². The van der Waals surface area contributed by atoms with Gasteiger partial charge in [0, 0.05) is 5.75 Å². The summed E-state index contributed by atoms with van der Waals surface area (Å²) in [5, 5.41) is 20.2. The second-order valence-electron chi connectivity index (χ2n) is 7.81. The lowest BCUT2D eigenvalue weighted by Crippen LogP contribution is -2.58. The summed E-state index contributed by atoms with van der Waals surface area (Å²) in [7, 11) is 0. The van der Waals surface area contributed by atoms with Crippen LogP contribution in [0.4, 0.5) is 0 Å². The highest BCUT2D eigenvalue weighted by Crippen LogP contribution is 2.08. The van der Waals surface area contributed by atoms with Crippen LogP contribution in [-0.4, -0.2) is 71.8 Å². The maximum absolute atomic E-state index is 12.7. The Hall–Kier alpha value is -1.85. The van der Waals surface area contributed by atoms with E-state index in [1.54, 1.807) is 13.8 Å². The molecule has 172 valence electrons. The van der Waals surface area contributed by atoms with Crippen LogP contribution < -0.4 is 27.0 Å². The molecule has 7 N–H and O–H groups in total. The first-order chi connectivity index (χ1) is 14.2. The fraction of sp³-hybridized carbons (Fsp3) is 0.789. The summed E-state index contributed by atoms with van der Waals surface area (Å²) in [6.07, 6.45) is 3.13. The first kappa shape index (κ1) is 26.2. The number of nitrogens with two attached hydrogens (primary N) is 1. The number of carboxylic acids is 1. The molecule has 1 rings (SSSR count). The number of carbonyl (C=O) groups excluding carboxylic acids is 3. The van der Waals surface area contributed by atoms with Gasteiger partial charge in [0.25, 0.3) is 0 Å². The Morgan fingerprint density at radius 3 is 2.27 bits per heavy atom. The van der Waals surface area contributed by atoms with Gasteiger partial charge in [-0.3, -0.25) is 14.4 Å². The summed E-state index contributed by atoms with van der Waals surface area (Å²) >= 11 is 4.15. The molecule has 1 heterocycles. The number of amides is 3. The molecular formula is C19H35N5O5S. The maximum atomic E-state index is 12.7. The zero-order valence-electron chi connectivity index (χ0n) is 17.6. The van der Waals surface area contributed by atoms with E-state index in [4.69, 9.17) is 5.73 Å². The molecule has 11 heteroatoms. The van der Waals surface area contributed by atoms with Gasteiger partial charge in [-0.1, -0.05) is 13.8 Å². The molecular weight excluding hydrogens is 410 g/mol. The first-order valence-corrected chi connectivity index (χ1v) is 11.0. The fourth-order valence-corrected chi connectivity index (χ4v) is 3.43. The molecule has 0 aromatic heterocycles. The Bertz CT molecular complexity index is 598. The van der Waals surface area contributed by atoms with Crippen LogP contribution in [0.1, 0.15) is 46.0 Å². The number of aliphatic carboxylic acids is 1. The van der Waals surface area contributed by atoms with Gasteiger partial charge in [-0.15, -0.1) is 0 Å². The van der Waals surface area contributed by atoms with Gasteiger partial charge in [0.2, 0.25) is 17.7 Å². The molecule has 4 atom stereocenters. The fourth-order valence-electron chi connectivity index (χ4n) is 3.18. The number of carboxylic acid groups (broad SMARTS) is 1. The summed E-state index contributed by atoms with van der Waals surface area (Å²) in [5.41, 5.74) is 5.51. The highest BCUT2D eigenvalue weighted by atomic mass is 32.1. The van der Waals surface area contributed by atoms with Gasteiger partial charge in [-0.25, -0.2) is 4.79 Å². The monoisotopic (exact) mass is 445 g/mol. The van der Waals surface area contributed by atoms with Gasteiger partial charge in [-0.2, -0.15) is 12.6 Å². The van der Waals surface area contributed by atoms with Crippen LogP contribution in [0.5, 0.6) is 0 Å². The largest absolute Gasteiger partial charge is 0.480 e. The zero-order valence-corrected chi connectivity index (χ0v) is 18.5. The van der Waals surface area contributed by atoms with Crippen LogP contribution >= 0.6 is 12.6 Å². The minimum atomic E-state index is -1.14. The minimum absolute atomic E-state index is 0.0607. The molecule has 1 aliphatic rings. The van der Waals surface area contributed by atoms with E-state index in [2.05, 4.69) is 33.9 Å². The summed E-state index contributed by atoms with van der Waals surface area (Å²) in [6.45, 7) is 4.56. The van der Waals surface area contributed by atoms with Gasteiger partial charge >= 0.3 is 5.97 Å². The van der Waals surface area contributed by atoms with E-state index in [1.165, 1.54) is 0 Å². The molecule has 0 aromatic carbocycles. The van der Waals surface area contributed by atoms with E-state index in [0.717, 1.165) is 13.0 Å². The number of carbonyl (C=O) groups is 4. The Balaban J connectivity index is 2.79. The number of hydrogen-bond acceptors (Lipinski definition) is 7. The average Bonchev–Trinajstić information content (AvgIpc) is 3.23. The van der Waals surface area contributed by atoms with Crippen molar-refractivity contribution < 1.29 is 24.3 Å². The topological polar surface area (TPSA) is 163 Å². The van der Waals surface area contributed by atoms with Crippen LogP contribution in [0, 0.1) is 5.92 Å². The molecule has 10 nitrogen and oxygen atoms in total. The van der Waals surface area contributed by atoms with Crippen molar-refractivity contribution >= 4 is 36.3 Å². The SMILES string of the molecule is CC(C)C(NC(=O)C(CCCCN)NC(=O)C(CS)NC(=O)C1CCCN1)C(=O)O. The molecule has 0 radical (unpaired) electrons. The van der Waals surface area contributed by atoms with Crippen LogP contribution in [0.2, 0.25) is 0 Å². The van der Waals surface area contributed by atoms with E-state index in [9.17, 15) is 24.3 Å². The van der Waals surface area contributed by atoms with Gasteiger partial charge in [0.05, 0.1) is 6.04 Å². The number of thiol groups is 1. The summed E-state index contributed by atoms with van der Waals surface area (Å²) in [6, 6.07) is -3.26. The van der Waals surface area contributed by atoms with E-state index in [0.29, 0.717) is 32.2 Å². The van der Waals surface area contributed by atoms with Crippen LogP contribution in [0.15, 0.2) is 0 Å². The number of unbranched alkanes of at least 4 members (excludes halogenated alkanes) is 1. The predicted octanol–water partition coefficient (Wildman–Crippen LogP) is -1.01. The summed E-state index contributed by atoms with van der Waals surface area (Å²) in [5.74, 6) is -2.81. The van der Waals surface area contributed by atoms with Crippen LogP contribution in [0.25, 0.3) is 0 Å². The quantitative estimate of drug-likeness (QED) is 0.141. The molecule has 0 bridgehead atoms. The smallest absolute Gasteiger partial charge is 0.326 e. The number of nitrogens with one attached hydrogen (secondary N) is 4. The maximum Gasteiger partial charge on any atom is 0.326 e. The predicted molar refractivity (Wildman–Crippen MR) is 116 cm³/mol. The molecule has 3 amide bonds. The molecule has 0 spiro atoms. The van der Waals surface area contributed by atoms with Gasteiger partial charge in [-0.05, 0) is 51.1 Å². The lowest BCUT2D eigenvalue weighted by molar-refractivity contribution is -0.143. The van der Waals surface area contributed by atoms with Crippen molar-refractivity contribution in [1.29, 1.82) is 0 Å². The molecule has 0 aliphatic carbocycles. The van der Waals surface area contributed by atoms with Crippen molar-refractivity contribution in [3.05, 3.63) is 0 Å². The second kappa shape index (κ2) is 13.5. The number of hydrogen-bond donors (Lipinski definition) is 7. The third-order valence-electron chi connectivity index (χ3n) is 5.00. The van der Waals surface area contributed by atoms with Crippen molar-refractivity contribution in [2.45, 2.75) is 70.1 Å². The van der Waals surface area contributed by atoms with Crippen molar-refractivity contribution in [3.8, 4) is 0 Å². The first-order valence-electron chi connectivity index (χ1n) is 10.4. The van der Waals surface area contributed by atoms with E-state index < -0.39 is 35.9 Å². The molecule has 0 saturated carbocycles. The lowest BCUT2D eigenvalue weighted by atomic mass is 10.0. The van der Waals surface area contributed by atoms with Crippen molar-refractivity contribution in [2.24, 2.45) is 11.7 Å². The third-order valence-corrected chi connectivity index (χ3v) is 5.37. The van der Waals surface area contributed by atoms with Crippen molar-refractivity contribution in [2.75, 3.05) is 18.8 Å². The van der Waals surface area contributed by atoms with E-state index >= 15 is 0 Å². The van der Waals surface area contributed by atoms with Gasteiger partial charge < -0.3 is 32.1 Å². The van der Waals surface area contributed by atoms with Crippen LogP contribution in [-0.2, 0) is 19.2 Å². The average molecular weight is 446 g/mol. The Kier molecular flexibility index (Phi) is 11.7. The van der Waals surface area contributed by atoms with Crippen molar-refractivity contribution in [1.82, 2.24) is 21.3 Å². The molecule has 30 heavy (non-hydrogen) atoms. The Labute approximate surface area is 182 Å². The van der Waals surface area contributed by atoms with Crippen molar-refractivity contribution in [3.63, 3.8) is 0 Å². The summed E-state index contributed by atoms with van der Waals surface area (Å²) < 4.78 is 0. The molecule has 1 fully saturated rings. The minimum Gasteiger partial charge on any atom is -0.480 e. The standard InChI is InChI=1S/C19H35N5O5S/c1-11(2)15(19(28)29)24-17(26)13(6-3-4-8-20)22-18(27)14(10-30)23-16(25)12-7-5-9-21-12/h11-15,21,30H,3-10,20H2,1-2H3,(H,22,27)(H,23,25)(H,24,26)(H,28,29). The van der Waals surface area contributed by atoms with Crippen LogP contribution in [0.3, 0.4) is 0 Å². The molecule has 0 aromatic rings. The molecule has 1 saturated heterocycles.